The zero-order chi connectivity index (χ0) is 16.1. The van der Waals surface area contributed by atoms with Crippen LogP contribution >= 0.6 is 0 Å². The number of nitrogens with one attached hydrogen (secondary N) is 1. The van der Waals surface area contributed by atoms with Gasteiger partial charge in [-0.05, 0) is 30.5 Å². The number of carbonyl (C=O) groups excluding carboxylic acids is 1. The third-order valence-electron chi connectivity index (χ3n) is 4.09. The average molecular weight is 305 g/mol. The number of benzene rings is 1. The summed E-state index contributed by atoms with van der Waals surface area (Å²) in [7, 11) is 0. The fraction of sp³-hybridized carbons (Fsp3) is 0.438. The highest BCUT2D eigenvalue weighted by atomic mass is 16.4. The van der Waals surface area contributed by atoms with Crippen molar-refractivity contribution < 1.29 is 24.6 Å². The van der Waals surface area contributed by atoms with Gasteiger partial charge in [0, 0.05) is 6.54 Å². The SMILES string of the molecule is O=C(O)c1ccc(CNC(=O)[C@H]2CCCC[C@@H]2C(=O)O)cc1. The van der Waals surface area contributed by atoms with Crippen LogP contribution in [0.5, 0.6) is 0 Å². The van der Waals surface area contributed by atoms with Gasteiger partial charge in [-0.3, -0.25) is 9.59 Å². The first-order valence-electron chi connectivity index (χ1n) is 7.32. The molecule has 0 spiro atoms. The van der Waals surface area contributed by atoms with Gasteiger partial charge >= 0.3 is 11.9 Å². The minimum Gasteiger partial charge on any atom is -0.481 e. The molecule has 1 aromatic carbocycles. The number of rotatable bonds is 5. The first-order valence-corrected chi connectivity index (χ1v) is 7.32. The van der Waals surface area contributed by atoms with Gasteiger partial charge < -0.3 is 15.5 Å². The van der Waals surface area contributed by atoms with E-state index in [1.807, 2.05) is 0 Å². The molecule has 0 radical (unpaired) electrons. The number of hydrogen-bond donors (Lipinski definition) is 3. The van der Waals surface area contributed by atoms with Gasteiger partial charge in [0.1, 0.15) is 0 Å². The normalized spacial score (nSPS) is 21.1. The molecule has 2 rings (SSSR count). The molecule has 0 aromatic heterocycles. The molecular weight excluding hydrogens is 286 g/mol. The quantitative estimate of drug-likeness (QED) is 0.770. The van der Waals surface area contributed by atoms with Crippen LogP contribution in [0, 0.1) is 11.8 Å². The van der Waals surface area contributed by atoms with E-state index < -0.39 is 23.8 Å². The Bertz CT molecular complexity index is 566. The maximum Gasteiger partial charge on any atom is 0.335 e. The lowest BCUT2D eigenvalue weighted by Crippen LogP contribution is -2.39. The molecule has 118 valence electrons. The van der Waals surface area contributed by atoms with Crippen LogP contribution in [0.15, 0.2) is 24.3 Å². The van der Waals surface area contributed by atoms with Crippen molar-refractivity contribution in [3.8, 4) is 0 Å². The molecule has 0 aliphatic heterocycles. The Morgan fingerprint density at radius 1 is 1.00 bits per heavy atom. The largest absolute Gasteiger partial charge is 0.481 e. The molecule has 2 atom stereocenters. The highest BCUT2D eigenvalue weighted by Gasteiger charge is 2.35. The summed E-state index contributed by atoms with van der Waals surface area (Å²) in [6, 6.07) is 6.23. The van der Waals surface area contributed by atoms with E-state index in [0.29, 0.717) is 12.8 Å². The Labute approximate surface area is 128 Å². The Kier molecular flexibility index (Phi) is 5.14. The van der Waals surface area contributed by atoms with Crippen LogP contribution in [-0.2, 0) is 16.1 Å². The van der Waals surface area contributed by atoms with Gasteiger partial charge in [-0.1, -0.05) is 25.0 Å². The van der Waals surface area contributed by atoms with Gasteiger partial charge in [0.05, 0.1) is 17.4 Å². The van der Waals surface area contributed by atoms with Gasteiger partial charge in [0.25, 0.3) is 0 Å². The molecule has 1 saturated carbocycles. The molecule has 1 aliphatic carbocycles. The van der Waals surface area contributed by atoms with Crippen LogP contribution in [0.2, 0.25) is 0 Å². The summed E-state index contributed by atoms with van der Waals surface area (Å²) in [6.45, 7) is 0.265. The summed E-state index contributed by atoms with van der Waals surface area (Å²) >= 11 is 0. The van der Waals surface area contributed by atoms with E-state index in [9.17, 15) is 19.5 Å². The molecule has 1 fully saturated rings. The highest BCUT2D eigenvalue weighted by Crippen LogP contribution is 2.30. The first kappa shape index (κ1) is 16.0. The van der Waals surface area contributed by atoms with Crippen molar-refractivity contribution in [2.75, 3.05) is 0 Å². The summed E-state index contributed by atoms with van der Waals surface area (Å²) in [5.41, 5.74) is 0.967. The molecule has 1 amide bonds. The minimum absolute atomic E-state index is 0.188. The van der Waals surface area contributed by atoms with Crippen molar-refractivity contribution >= 4 is 17.8 Å². The summed E-state index contributed by atoms with van der Waals surface area (Å²) in [5, 5.41) is 20.8. The number of aliphatic carboxylic acids is 1. The monoisotopic (exact) mass is 305 g/mol. The van der Waals surface area contributed by atoms with Crippen molar-refractivity contribution in [1.29, 1.82) is 0 Å². The summed E-state index contributed by atoms with van der Waals surface area (Å²) in [4.78, 5) is 34.2. The molecule has 0 saturated heterocycles. The van der Waals surface area contributed by atoms with Crippen molar-refractivity contribution in [1.82, 2.24) is 5.32 Å². The third kappa shape index (κ3) is 3.84. The van der Waals surface area contributed by atoms with Gasteiger partial charge in [-0.25, -0.2) is 4.79 Å². The molecule has 6 nitrogen and oxygen atoms in total. The molecule has 1 aromatic rings. The number of carboxylic acids is 2. The second-order valence-electron chi connectivity index (χ2n) is 5.56. The Hall–Kier alpha value is -2.37. The molecule has 6 heteroatoms. The molecule has 0 heterocycles. The Morgan fingerprint density at radius 3 is 2.14 bits per heavy atom. The van der Waals surface area contributed by atoms with E-state index in [1.54, 1.807) is 12.1 Å². The zero-order valence-electron chi connectivity index (χ0n) is 12.1. The van der Waals surface area contributed by atoms with Crippen LogP contribution < -0.4 is 5.32 Å². The summed E-state index contributed by atoms with van der Waals surface area (Å²) in [6.07, 6.45) is 2.86. The van der Waals surface area contributed by atoms with E-state index >= 15 is 0 Å². The molecule has 0 unspecified atom stereocenters. The van der Waals surface area contributed by atoms with Crippen LogP contribution in [0.4, 0.5) is 0 Å². The topological polar surface area (TPSA) is 104 Å². The van der Waals surface area contributed by atoms with Crippen molar-refractivity contribution in [2.45, 2.75) is 32.2 Å². The fourth-order valence-corrected chi connectivity index (χ4v) is 2.83. The number of carbonyl (C=O) groups is 3. The lowest BCUT2D eigenvalue weighted by atomic mass is 9.78. The van der Waals surface area contributed by atoms with Crippen LogP contribution in [0.1, 0.15) is 41.6 Å². The van der Waals surface area contributed by atoms with E-state index in [0.717, 1.165) is 18.4 Å². The first-order chi connectivity index (χ1) is 10.5. The lowest BCUT2D eigenvalue weighted by molar-refractivity contribution is -0.148. The van der Waals surface area contributed by atoms with Crippen LogP contribution in [0.25, 0.3) is 0 Å². The number of amides is 1. The minimum atomic E-state index is -0.998. The van der Waals surface area contributed by atoms with Crippen LogP contribution in [0.3, 0.4) is 0 Å². The van der Waals surface area contributed by atoms with E-state index in [-0.39, 0.29) is 18.0 Å². The molecular formula is C16H19NO5. The molecule has 3 N–H and O–H groups in total. The van der Waals surface area contributed by atoms with Gasteiger partial charge in [-0.15, -0.1) is 0 Å². The Morgan fingerprint density at radius 2 is 1.59 bits per heavy atom. The summed E-state index contributed by atoms with van der Waals surface area (Å²) < 4.78 is 0. The smallest absolute Gasteiger partial charge is 0.335 e. The van der Waals surface area contributed by atoms with Gasteiger partial charge in [-0.2, -0.15) is 0 Å². The lowest BCUT2D eigenvalue weighted by Gasteiger charge is -2.27. The van der Waals surface area contributed by atoms with Crippen molar-refractivity contribution in [3.63, 3.8) is 0 Å². The number of hydrogen-bond acceptors (Lipinski definition) is 3. The maximum absolute atomic E-state index is 12.2. The molecule has 22 heavy (non-hydrogen) atoms. The summed E-state index contributed by atoms with van der Waals surface area (Å²) in [5.74, 6) is -3.24. The molecule has 0 bridgehead atoms. The predicted molar refractivity (Wildman–Crippen MR) is 78.3 cm³/mol. The van der Waals surface area contributed by atoms with Crippen molar-refractivity contribution in [3.05, 3.63) is 35.4 Å². The Balaban J connectivity index is 1.93. The highest BCUT2D eigenvalue weighted by molar-refractivity contribution is 5.87. The standard InChI is InChI=1S/C16H19NO5/c18-14(12-3-1-2-4-13(12)16(21)22)17-9-10-5-7-11(8-6-10)15(19)20/h5-8,12-13H,1-4,9H2,(H,17,18)(H,19,20)(H,21,22)/t12-,13-/m0/s1. The predicted octanol–water partition coefficient (Wildman–Crippen LogP) is 1.89. The number of aromatic carboxylic acids is 1. The van der Waals surface area contributed by atoms with E-state index in [1.165, 1.54) is 12.1 Å². The van der Waals surface area contributed by atoms with Gasteiger partial charge in [0.15, 0.2) is 0 Å². The van der Waals surface area contributed by atoms with Crippen molar-refractivity contribution in [2.24, 2.45) is 11.8 Å². The second kappa shape index (κ2) is 7.06. The second-order valence-corrected chi connectivity index (χ2v) is 5.56. The van der Waals surface area contributed by atoms with Gasteiger partial charge in [0.2, 0.25) is 5.91 Å². The van der Waals surface area contributed by atoms with E-state index in [2.05, 4.69) is 5.32 Å². The molecule has 1 aliphatic rings. The zero-order valence-corrected chi connectivity index (χ0v) is 12.1. The maximum atomic E-state index is 12.2. The van der Waals surface area contributed by atoms with E-state index in [4.69, 9.17) is 5.11 Å². The van der Waals surface area contributed by atoms with Crippen LogP contribution in [-0.4, -0.2) is 28.1 Å². The number of carboxylic acid groups (broad SMARTS) is 2. The average Bonchev–Trinajstić information content (AvgIpc) is 2.53. The fourth-order valence-electron chi connectivity index (χ4n) is 2.83. The third-order valence-corrected chi connectivity index (χ3v) is 4.09.